The summed E-state index contributed by atoms with van der Waals surface area (Å²) in [7, 11) is 0. The minimum absolute atomic E-state index is 0.0417. The van der Waals surface area contributed by atoms with Crippen molar-refractivity contribution in [1.82, 2.24) is 5.43 Å². The van der Waals surface area contributed by atoms with E-state index in [0.717, 1.165) is 5.56 Å². The Kier molecular flexibility index (Phi) is 7.12. The summed E-state index contributed by atoms with van der Waals surface area (Å²) in [4.78, 5) is 36.3. The van der Waals surface area contributed by atoms with Gasteiger partial charge in [0, 0.05) is 11.3 Å². The van der Waals surface area contributed by atoms with Crippen LogP contribution in [-0.4, -0.2) is 23.5 Å². The Morgan fingerprint density at radius 1 is 1.03 bits per heavy atom. The van der Waals surface area contributed by atoms with Gasteiger partial charge < -0.3 is 14.5 Å². The van der Waals surface area contributed by atoms with Crippen molar-refractivity contribution in [3.8, 4) is 11.8 Å². The van der Waals surface area contributed by atoms with Gasteiger partial charge in [0.05, 0.1) is 24.5 Å². The second-order valence-electron chi connectivity index (χ2n) is 6.49. The molecule has 0 radical (unpaired) electrons. The Hall–Kier alpha value is -4.71. The maximum absolute atomic E-state index is 12.1. The van der Waals surface area contributed by atoms with Gasteiger partial charge in [-0.15, -0.1) is 0 Å². The van der Waals surface area contributed by atoms with Crippen LogP contribution in [0.15, 0.2) is 76.4 Å². The van der Waals surface area contributed by atoms with Crippen molar-refractivity contribution in [2.75, 3.05) is 5.32 Å². The monoisotopic (exact) mass is 430 g/mol. The molecule has 0 fully saturated rings. The average molecular weight is 430 g/mol. The number of hydrazone groups is 1. The molecule has 2 amide bonds. The molecule has 0 aliphatic rings. The lowest BCUT2D eigenvalue weighted by molar-refractivity contribution is -0.136. The number of nitrogens with one attached hydrogen (secondary N) is 2. The van der Waals surface area contributed by atoms with E-state index in [4.69, 9.17) is 14.4 Å². The van der Waals surface area contributed by atoms with Crippen LogP contribution in [0.4, 0.5) is 5.69 Å². The highest BCUT2D eigenvalue weighted by molar-refractivity contribution is 6.39. The number of amides is 2. The number of nitriles is 1. The van der Waals surface area contributed by atoms with E-state index < -0.39 is 17.8 Å². The van der Waals surface area contributed by atoms with Crippen molar-refractivity contribution < 1.29 is 23.5 Å². The first-order valence-electron chi connectivity index (χ1n) is 9.44. The molecule has 32 heavy (non-hydrogen) atoms. The molecule has 9 nitrogen and oxygen atoms in total. The topological polar surface area (TPSA) is 134 Å². The van der Waals surface area contributed by atoms with Gasteiger partial charge in [0.1, 0.15) is 5.75 Å². The first-order valence-corrected chi connectivity index (χ1v) is 9.44. The number of carbonyl (C=O) groups is 3. The van der Waals surface area contributed by atoms with E-state index in [2.05, 4.69) is 15.8 Å². The number of anilines is 1. The van der Waals surface area contributed by atoms with Gasteiger partial charge >= 0.3 is 17.8 Å². The lowest BCUT2D eigenvalue weighted by Crippen LogP contribution is -2.33. The number of nitrogens with zero attached hydrogens (tertiary/aromatic N) is 2. The predicted molar refractivity (Wildman–Crippen MR) is 115 cm³/mol. The minimum Gasteiger partial charge on any atom is -0.457 e. The maximum Gasteiger partial charge on any atom is 0.379 e. The van der Waals surface area contributed by atoms with Gasteiger partial charge in [0.15, 0.2) is 0 Å². The zero-order valence-electron chi connectivity index (χ0n) is 17.0. The summed E-state index contributed by atoms with van der Waals surface area (Å²) >= 11 is 0. The Morgan fingerprint density at radius 2 is 1.78 bits per heavy atom. The van der Waals surface area contributed by atoms with Gasteiger partial charge in [-0.3, -0.25) is 9.59 Å². The summed E-state index contributed by atoms with van der Waals surface area (Å²) in [6.07, 6.45) is 1.61. The number of hydrogen-bond donors (Lipinski definition) is 2. The molecule has 9 heteroatoms. The number of hydrogen-bond acceptors (Lipinski definition) is 7. The van der Waals surface area contributed by atoms with Gasteiger partial charge in [-0.25, -0.2) is 10.2 Å². The Morgan fingerprint density at radius 3 is 2.47 bits per heavy atom. The van der Waals surface area contributed by atoms with Gasteiger partial charge in [0.25, 0.3) is 0 Å². The molecular weight excluding hydrogens is 412 g/mol. The van der Waals surface area contributed by atoms with Crippen molar-refractivity contribution in [3.05, 3.63) is 83.8 Å². The summed E-state index contributed by atoms with van der Waals surface area (Å²) in [5, 5.41) is 15.1. The SMILES string of the molecule is C/C(=N\NC(=O)C(=O)Nc1ccc(CC#N)cc1)c1ccccc1OC(=O)c1ccco1. The number of benzene rings is 2. The summed E-state index contributed by atoms with van der Waals surface area (Å²) in [5.41, 5.74) is 4.13. The van der Waals surface area contributed by atoms with Crippen LogP contribution in [0.2, 0.25) is 0 Å². The number of carbonyl (C=O) groups excluding carboxylic acids is 3. The second-order valence-corrected chi connectivity index (χ2v) is 6.49. The minimum atomic E-state index is -0.976. The molecule has 0 unspecified atom stereocenters. The van der Waals surface area contributed by atoms with E-state index in [0.29, 0.717) is 17.0 Å². The fourth-order valence-electron chi connectivity index (χ4n) is 2.63. The largest absolute Gasteiger partial charge is 0.457 e. The van der Waals surface area contributed by atoms with Crippen molar-refractivity contribution in [1.29, 1.82) is 5.26 Å². The lowest BCUT2D eigenvalue weighted by Gasteiger charge is -2.09. The number of ether oxygens (including phenoxy) is 1. The Balaban J connectivity index is 1.63. The van der Waals surface area contributed by atoms with E-state index in [1.807, 2.05) is 6.07 Å². The Bertz CT molecular complexity index is 1190. The fourth-order valence-corrected chi connectivity index (χ4v) is 2.63. The quantitative estimate of drug-likeness (QED) is 0.203. The van der Waals surface area contributed by atoms with Crippen LogP contribution in [0.5, 0.6) is 5.75 Å². The van der Waals surface area contributed by atoms with Crippen LogP contribution >= 0.6 is 0 Å². The molecule has 0 atom stereocenters. The normalized spacial score (nSPS) is 10.7. The van der Waals surface area contributed by atoms with E-state index in [1.165, 1.54) is 12.3 Å². The van der Waals surface area contributed by atoms with Gasteiger partial charge in [-0.1, -0.05) is 24.3 Å². The molecule has 0 bridgehead atoms. The predicted octanol–water partition coefficient (Wildman–Crippen LogP) is 3.04. The molecule has 2 N–H and O–H groups in total. The molecule has 0 aliphatic heterocycles. The summed E-state index contributed by atoms with van der Waals surface area (Å²) in [6, 6.07) is 18.2. The van der Waals surface area contributed by atoms with E-state index in [-0.39, 0.29) is 17.9 Å². The number of para-hydroxylation sites is 1. The van der Waals surface area contributed by atoms with E-state index >= 15 is 0 Å². The number of esters is 1. The molecule has 3 aromatic rings. The zero-order valence-corrected chi connectivity index (χ0v) is 17.0. The third kappa shape index (κ3) is 5.67. The van der Waals surface area contributed by atoms with Crippen molar-refractivity contribution >= 4 is 29.2 Å². The fraction of sp³-hybridized carbons (Fsp3) is 0.0870. The molecule has 1 heterocycles. The van der Waals surface area contributed by atoms with Crippen LogP contribution in [-0.2, 0) is 16.0 Å². The number of furan rings is 1. The van der Waals surface area contributed by atoms with Crippen LogP contribution in [0, 0.1) is 11.3 Å². The van der Waals surface area contributed by atoms with Gasteiger partial charge in [-0.2, -0.15) is 10.4 Å². The molecule has 160 valence electrons. The Labute approximate surface area is 183 Å². The molecule has 0 spiro atoms. The second kappa shape index (κ2) is 10.4. The van der Waals surface area contributed by atoms with Crippen molar-refractivity contribution in [3.63, 3.8) is 0 Å². The number of rotatable bonds is 6. The highest BCUT2D eigenvalue weighted by Crippen LogP contribution is 2.20. The van der Waals surface area contributed by atoms with Gasteiger partial charge in [-0.05, 0) is 48.9 Å². The molecule has 0 saturated carbocycles. The van der Waals surface area contributed by atoms with Crippen LogP contribution in [0.3, 0.4) is 0 Å². The van der Waals surface area contributed by atoms with Crippen LogP contribution in [0.1, 0.15) is 28.6 Å². The van der Waals surface area contributed by atoms with E-state index in [9.17, 15) is 14.4 Å². The molecule has 3 rings (SSSR count). The van der Waals surface area contributed by atoms with Gasteiger partial charge in [0.2, 0.25) is 5.76 Å². The zero-order chi connectivity index (χ0) is 22.9. The highest BCUT2D eigenvalue weighted by Gasteiger charge is 2.16. The van der Waals surface area contributed by atoms with Crippen LogP contribution < -0.4 is 15.5 Å². The van der Waals surface area contributed by atoms with Crippen LogP contribution in [0.25, 0.3) is 0 Å². The third-order valence-electron chi connectivity index (χ3n) is 4.23. The molecule has 0 saturated heterocycles. The average Bonchev–Trinajstić information content (AvgIpc) is 3.34. The maximum atomic E-state index is 12.1. The summed E-state index contributed by atoms with van der Waals surface area (Å²) in [5.74, 6) is -2.31. The molecule has 1 aromatic heterocycles. The molecule has 2 aromatic carbocycles. The highest BCUT2D eigenvalue weighted by atomic mass is 16.5. The standard InChI is InChI=1S/C23H18N4O5/c1-15(18-5-2-3-6-19(18)32-23(30)20-7-4-14-31-20)26-27-22(29)21(28)25-17-10-8-16(9-11-17)12-13-24/h2-11,14H,12H2,1H3,(H,25,28)(H,27,29)/b26-15+. The molecule has 0 aliphatic carbocycles. The van der Waals surface area contributed by atoms with Crippen molar-refractivity contribution in [2.24, 2.45) is 5.10 Å². The van der Waals surface area contributed by atoms with E-state index in [1.54, 1.807) is 61.5 Å². The third-order valence-corrected chi connectivity index (χ3v) is 4.23. The summed E-state index contributed by atoms with van der Waals surface area (Å²) < 4.78 is 10.4. The molecular formula is C23H18N4O5. The smallest absolute Gasteiger partial charge is 0.379 e. The van der Waals surface area contributed by atoms with Crippen molar-refractivity contribution in [2.45, 2.75) is 13.3 Å². The first kappa shape index (κ1) is 22.0. The lowest BCUT2D eigenvalue weighted by atomic mass is 10.1. The summed E-state index contributed by atoms with van der Waals surface area (Å²) in [6.45, 7) is 1.59. The first-order chi connectivity index (χ1) is 15.5.